The van der Waals surface area contributed by atoms with Crippen LogP contribution in [0, 0.1) is 6.92 Å². The van der Waals surface area contributed by atoms with Crippen molar-refractivity contribution in [3.63, 3.8) is 0 Å². The standard InChI is InChI=1S/C25H30N4O4S/c1-5-26-25(31)21-16-23(19-9-7-8-10-20(19)24(21)30)28-22-12-11-18(15-17(22)3)29(6-2)14-13-27-34(4,32)33/h7-12,15-16,27H,5-6,13-14H2,1-4H3,(H,26,31). The molecule has 3 rings (SSSR count). The number of hydrogen-bond acceptors (Lipinski definition) is 6. The molecule has 0 aromatic heterocycles. The minimum absolute atomic E-state index is 0.0732. The zero-order valence-corrected chi connectivity index (χ0v) is 20.7. The molecular formula is C25H30N4O4S. The molecule has 0 fully saturated rings. The maximum Gasteiger partial charge on any atom is 0.255 e. The molecule has 1 aliphatic carbocycles. The number of aryl methyl sites for hydroxylation is 1. The third kappa shape index (κ3) is 5.98. The number of nitrogens with zero attached hydrogens (tertiary/aromatic N) is 2. The minimum atomic E-state index is -3.24. The molecule has 34 heavy (non-hydrogen) atoms. The molecule has 0 aliphatic heterocycles. The first-order valence-electron chi connectivity index (χ1n) is 11.2. The predicted octanol–water partition coefficient (Wildman–Crippen LogP) is 2.75. The van der Waals surface area contributed by atoms with E-state index >= 15 is 0 Å². The van der Waals surface area contributed by atoms with Gasteiger partial charge in [-0.2, -0.15) is 0 Å². The van der Waals surface area contributed by atoms with Gasteiger partial charge in [-0.1, -0.05) is 24.3 Å². The van der Waals surface area contributed by atoms with Gasteiger partial charge in [-0.3, -0.25) is 9.59 Å². The number of hydrogen-bond donors (Lipinski definition) is 2. The Morgan fingerprint density at radius 3 is 2.41 bits per heavy atom. The molecular weight excluding hydrogens is 452 g/mol. The molecule has 2 N–H and O–H groups in total. The summed E-state index contributed by atoms with van der Waals surface area (Å²) in [6, 6.07) is 13.0. The Morgan fingerprint density at radius 2 is 1.79 bits per heavy atom. The van der Waals surface area contributed by atoms with Gasteiger partial charge in [0.15, 0.2) is 5.78 Å². The van der Waals surface area contributed by atoms with E-state index in [1.54, 1.807) is 25.1 Å². The fourth-order valence-corrected chi connectivity index (χ4v) is 4.24. The van der Waals surface area contributed by atoms with Crippen molar-refractivity contribution in [1.29, 1.82) is 0 Å². The fraction of sp³-hybridized carbons (Fsp3) is 0.320. The zero-order chi connectivity index (χ0) is 24.9. The van der Waals surface area contributed by atoms with Gasteiger partial charge in [-0.15, -0.1) is 0 Å². The van der Waals surface area contributed by atoms with E-state index in [9.17, 15) is 18.0 Å². The number of nitrogens with one attached hydrogen (secondary N) is 2. The first kappa shape index (κ1) is 25.3. The summed E-state index contributed by atoms with van der Waals surface area (Å²) in [5, 5.41) is 2.69. The molecule has 8 nitrogen and oxygen atoms in total. The highest BCUT2D eigenvalue weighted by atomic mass is 32.2. The summed E-state index contributed by atoms with van der Waals surface area (Å²) in [6.07, 6.45) is 2.70. The summed E-state index contributed by atoms with van der Waals surface area (Å²) in [7, 11) is -3.24. The van der Waals surface area contributed by atoms with Gasteiger partial charge in [0.05, 0.1) is 23.2 Å². The summed E-state index contributed by atoms with van der Waals surface area (Å²) >= 11 is 0. The molecule has 1 aliphatic rings. The van der Waals surface area contributed by atoms with Crippen LogP contribution in [0.3, 0.4) is 0 Å². The highest BCUT2D eigenvalue weighted by molar-refractivity contribution is 7.88. The molecule has 0 saturated heterocycles. The van der Waals surface area contributed by atoms with Crippen LogP contribution in [0.1, 0.15) is 35.3 Å². The SMILES string of the molecule is CCNC(=O)C1=CC(=Nc2ccc(N(CC)CCNS(C)(=O)=O)cc2C)c2ccccc2C1=O. The fourth-order valence-electron chi connectivity index (χ4n) is 3.77. The Bertz CT molecular complexity index is 1270. The minimum Gasteiger partial charge on any atom is -0.370 e. The van der Waals surface area contributed by atoms with Crippen LogP contribution in [0.2, 0.25) is 0 Å². The average Bonchev–Trinajstić information content (AvgIpc) is 2.79. The molecule has 0 bridgehead atoms. The van der Waals surface area contributed by atoms with Crippen molar-refractivity contribution in [2.75, 3.05) is 37.3 Å². The Morgan fingerprint density at radius 1 is 1.09 bits per heavy atom. The lowest BCUT2D eigenvalue weighted by Gasteiger charge is -2.24. The maximum absolute atomic E-state index is 12.9. The third-order valence-electron chi connectivity index (χ3n) is 5.47. The van der Waals surface area contributed by atoms with Crippen molar-refractivity contribution in [3.8, 4) is 0 Å². The highest BCUT2D eigenvalue weighted by Crippen LogP contribution is 2.28. The van der Waals surface area contributed by atoms with E-state index in [1.165, 1.54) is 0 Å². The number of benzene rings is 2. The molecule has 0 spiro atoms. The largest absolute Gasteiger partial charge is 0.370 e. The predicted molar refractivity (Wildman–Crippen MR) is 136 cm³/mol. The lowest BCUT2D eigenvalue weighted by molar-refractivity contribution is -0.117. The topological polar surface area (TPSA) is 108 Å². The van der Waals surface area contributed by atoms with E-state index in [4.69, 9.17) is 4.99 Å². The molecule has 9 heteroatoms. The molecule has 0 atom stereocenters. The molecule has 0 heterocycles. The number of fused-ring (bicyclic) bond motifs is 1. The van der Waals surface area contributed by atoms with Gasteiger partial charge in [0.2, 0.25) is 10.0 Å². The number of allylic oxidation sites excluding steroid dienone is 1. The van der Waals surface area contributed by atoms with E-state index in [0.29, 0.717) is 43.0 Å². The first-order chi connectivity index (χ1) is 16.1. The highest BCUT2D eigenvalue weighted by Gasteiger charge is 2.28. The van der Waals surface area contributed by atoms with Crippen LogP contribution in [0.25, 0.3) is 0 Å². The van der Waals surface area contributed by atoms with Crippen LogP contribution >= 0.6 is 0 Å². The summed E-state index contributed by atoms with van der Waals surface area (Å²) in [5.74, 6) is -0.725. The maximum atomic E-state index is 12.9. The van der Waals surface area contributed by atoms with Crippen molar-refractivity contribution in [1.82, 2.24) is 10.0 Å². The Hall–Kier alpha value is -3.30. The van der Waals surface area contributed by atoms with Crippen LogP contribution in [-0.2, 0) is 14.8 Å². The van der Waals surface area contributed by atoms with E-state index in [0.717, 1.165) is 23.2 Å². The lowest BCUT2D eigenvalue weighted by atomic mass is 9.88. The van der Waals surface area contributed by atoms with Gasteiger partial charge in [-0.25, -0.2) is 18.1 Å². The normalized spacial score (nSPS) is 14.5. The summed E-state index contributed by atoms with van der Waals surface area (Å²) in [4.78, 5) is 32.2. The van der Waals surface area contributed by atoms with Gasteiger partial charge in [0, 0.05) is 43.0 Å². The van der Waals surface area contributed by atoms with E-state index in [1.807, 2.05) is 44.2 Å². The zero-order valence-electron chi connectivity index (χ0n) is 19.9. The number of anilines is 1. The van der Waals surface area contributed by atoms with Crippen molar-refractivity contribution in [2.24, 2.45) is 4.99 Å². The second kappa shape index (κ2) is 10.8. The van der Waals surface area contributed by atoms with Gasteiger partial charge >= 0.3 is 0 Å². The molecule has 0 saturated carbocycles. The number of aliphatic imine (C=N–C) groups is 1. The number of Topliss-reactive ketones (excluding diaryl/α,β-unsaturated/α-hetero) is 1. The summed E-state index contributed by atoms with van der Waals surface area (Å²) in [6.45, 7) is 7.74. The number of rotatable bonds is 9. The van der Waals surface area contributed by atoms with Crippen LogP contribution in [0.15, 0.2) is 59.1 Å². The number of sulfonamides is 1. The quantitative estimate of drug-likeness (QED) is 0.535. The Labute approximate surface area is 200 Å². The number of carbonyl (C=O) groups excluding carboxylic acids is 2. The monoisotopic (exact) mass is 482 g/mol. The van der Waals surface area contributed by atoms with E-state index in [2.05, 4.69) is 14.9 Å². The molecule has 1 amide bonds. The first-order valence-corrected chi connectivity index (χ1v) is 13.1. The third-order valence-corrected chi connectivity index (χ3v) is 6.20. The number of carbonyl (C=O) groups is 2. The van der Waals surface area contributed by atoms with Crippen molar-refractivity contribution in [2.45, 2.75) is 20.8 Å². The second-order valence-electron chi connectivity index (χ2n) is 8.01. The van der Waals surface area contributed by atoms with Gasteiger partial charge in [-0.05, 0) is 50.6 Å². The van der Waals surface area contributed by atoms with Crippen LogP contribution in [0.4, 0.5) is 11.4 Å². The van der Waals surface area contributed by atoms with Gasteiger partial charge in [0.25, 0.3) is 5.91 Å². The second-order valence-corrected chi connectivity index (χ2v) is 9.84. The Kier molecular flexibility index (Phi) is 8.01. The van der Waals surface area contributed by atoms with Crippen LogP contribution < -0.4 is 14.9 Å². The van der Waals surface area contributed by atoms with Crippen molar-refractivity contribution >= 4 is 38.8 Å². The molecule has 180 valence electrons. The average molecular weight is 483 g/mol. The van der Waals surface area contributed by atoms with Crippen molar-refractivity contribution in [3.05, 3.63) is 70.8 Å². The number of likely N-dealkylation sites (N-methyl/N-ethyl adjacent to an activating group) is 2. The van der Waals surface area contributed by atoms with Crippen LogP contribution in [-0.4, -0.2) is 58.3 Å². The van der Waals surface area contributed by atoms with Gasteiger partial charge in [0.1, 0.15) is 0 Å². The summed E-state index contributed by atoms with van der Waals surface area (Å²) in [5.41, 5.74) is 4.36. The lowest BCUT2D eigenvalue weighted by Crippen LogP contribution is -2.34. The van der Waals surface area contributed by atoms with E-state index in [-0.39, 0.29) is 11.4 Å². The molecule has 0 unspecified atom stereocenters. The number of ketones is 1. The summed E-state index contributed by atoms with van der Waals surface area (Å²) < 4.78 is 25.2. The Balaban J connectivity index is 1.94. The van der Waals surface area contributed by atoms with E-state index < -0.39 is 15.9 Å². The molecule has 2 aromatic rings. The van der Waals surface area contributed by atoms with Gasteiger partial charge < -0.3 is 10.2 Å². The smallest absolute Gasteiger partial charge is 0.255 e. The molecule has 0 radical (unpaired) electrons. The van der Waals surface area contributed by atoms with Crippen molar-refractivity contribution < 1.29 is 18.0 Å². The molecule has 2 aromatic carbocycles. The number of amides is 1. The van der Waals surface area contributed by atoms with Crippen LogP contribution in [0.5, 0.6) is 0 Å².